The second kappa shape index (κ2) is 4.99. The molecule has 17 heavy (non-hydrogen) atoms. The van der Waals surface area contributed by atoms with E-state index in [9.17, 15) is 0 Å². The van der Waals surface area contributed by atoms with Crippen molar-refractivity contribution in [1.82, 2.24) is 0 Å². The van der Waals surface area contributed by atoms with Gasteiger partial charge in [-0.3, -0.25) is 0 Å². The van der Waals surface area contributed by atoms with Crippen molar-refractivity contribution in [3.63, 3.8) is 0 Å². The van der Waals surface area contributed by atoms with Crippen LogP contribution >= 0.6 is 15.9 Å². The van der Waals surface area contributed by atoms with Gasteiger partial charge in [0.15, 0.2) is 0 Å². The molecule has 0 aromatic heterocycles. The molecular formula is C14H20BrNO. The summed E-state index contributed by atoms with van der Waals surface area (Å²) in [5.41, 5.74) is 1.43. The van der Waals surface area contributed by atoms with Gasteiger partial charge >= 0.3 is 0 Å². The van der Waals surface area contributed by atoms with E-state index in [-0.39, 0.29) is 5.54 Å². The topological polar surface area (TPSA) is 23.5 Å². The average Bonchev–Trinajstić information content (AvgIpc) is 2.55. The van der Waals surface area contributed by atoms with E-state index in [0.29, 0.717) is 12.5 Å². The minimum Gasteiger partial charge on any atom is -0.396 e. The van der Waals surface area contributed by atoms with Gasteiger partial charge in [-0.2, -0.15) is 0 Å². The maximum atomic E-state index is 9.08. The Kier molecular flexibility index (Phi) is 3.79. The maximum absolute atomic E-state index is 9.08. The zero-order chi connectivity index (χ0) is 12.5. The lowest BCUT2D eigenvalue weighted by atomic mass is 9.94. The Bertz CT molecular complexity index is 392. The van der Waals surface area contributed by atoms with Crippen LogP contribution < -0.4 is 4.90 Å². The highest BCUT2D eigenvalue weighted by Crippen LogP contribution is 2.40. The molecule has 3 heteroatoms. The number of nitrogens with zero attached hydrogens (tertiary/aromatic N) is 1. The summed E-state index contributed by atoms with van der Waals surface area (Å²) >= 11 is 3.63. The summed E-state index contributed by atoms with van der Waals surface area (Å²) in [5.74, 6) is 0.599. The minimum absolute atomic E-state index is 0.170. The van der Waals surface area contributed by atoms with Crippen LogP contribution in [0.4, 0.5) is 5.69 Å². The molecule has 2 rings (SSSR count). The van der Waals surface area contributed by atoms with Crippen LogP contribution in [0.3, 0.4) is 0 Å². The van der Waals surface area contributed by atoms with Crippen molar-refractivity contribution in [2.45, 2.75) is 32.2 Å². The van der Waals surface area contributed by atoms with E-state index >= 15 is 0 Å². The summed E-state index contributed by atoms with van der Waals surface area (Å²) in [7, 11) is 0. The van der Waals surface area contributed by atoms with Crippen molar-refractivity contribution in [2.75, 3.05) is 18.1 Å². The molecule has 1 fully saturated rings. The first-order valence-electron chi connectivity index (χ1n) is 6.17. The van der Waals surface area contributed by atoms with Gasteiger partial charge in [0.1, 0.15) is 0 Å². The summed E-state index contributed by atoms with van der Waals surface area (Å²) in [6.45, 7) is 5.90. The number of para-hydroxylation sites is 1. The molecule has 1 unspecified atom stereocenters. The van der Waals surface area contributed by atoms with Crippen molar-refractivity contribution >= 4 is 21.6 Å². The molecule has 0 saturated carbocycles. The monoisotopic (exact) mass is 297 g/mol. The molecule has 1 atom stereocenters. The molecule has 0 aliphatic carbocycles. The van der Waals surface area contributed by atoms with Crippen LogP contribution in [-0.2, 0) is 0 Å². The third-order valence-electron chi connectivity index (χ3n) is 3.64. The smallest absolute Gasteiger partial charge is 0.0515 e. The van der Waals surface area contributed by atoms with E-state index in [4.69, 9.17) is 5.11 Å². The quantitative estimate of drug-likeness (QED) is 0.924. The van der Waals surface area contributed by atoms with Crippen molar-refractivity contribution in [3.05, 3.63) is 28.7 Å². The average molecular weight is 298 g/mol. The van der Waals surface area contributed by atoms with E-state index in [1.165, 1.54) is 5.69 Å². The molecule has 1 heterocycles. The summed E-state index contributed by atoms with van der Waals surface area (Å²) in [5, 5.41) is 9.08. The fraction of sp³-hybridized carbons (Fsp3) is 0.571. The zero-order valence-corrected chi connectivity index (χ0v) is 12.1. The van der Waals surface area contributed by atoms with Crippen LogP contribution in [0.2, 0.25) is 0 Å². The summed E-state index contributed by atoms with van der Waals surface area (Å²) in [4.78, 5) is 2.46. The molecule has 1 saturated heterocycles. The third-order valence-corrected chi connectivity index (χ3v) is 4.31. The number of hydrogen-bond acceptors (Lipinski definition) is 2. The van der Waals surface area contributed by atoms with E-state index in [0.717, 1.165) is 23.9 Å². The molecule has 1 N–H and O–H groups in total. The van der Waals surface area contributed by atoms with Crippen LogP contribution in [0.1, 0.15) is 26.7 Å². The maximum Gasteiger partial charge on any atom is 0.0515 e. The van der Waals surface area contributed by atoms with E-state index in [2.05, 4.69) is 52.9 Å². The Morgan fingerprint density at radius 1 is 1.41 bits per heavy atom. The highest BCUT2D eigenvalue weighted by molar-refractivity contribution is 9.10. The molecule has 0 spiro atoms. The van der Waals surface area contributed by atoms with Gasteiger partial charge < -0.3 is 10.0 Å². The normalized spacial score (nSPS) is 23.1. The number of halogens is 1. The SMILES string of the molecule is CC1(C)CC(CCO)CN1c1ccccc1Br. The van der Waals surface area contributed by atoms with Gasteiger partial charge in [-0.15, -0.1) is 0 Å². The lowest BCUT2D eigenvalue weighted by Gasteiger charge is -2.34. The van der Waals surface area contributed by atoms with E-state index < -0.39 is 0 Å². The van der Waals surface area contributed by atoms with Crippen molar-refractivity contribution in [1.29, 1.82) is 0 Å². The minimum atomic E-state index is 0.170. The second-order valence-electron chi connectivity index (χ2n) is 5.46. The van der Waals surface area contributed by atoms with Gasteiger partial charge in [0.05, 0.1) is 5.69 Å². The van der Waals surface area contributed by atoms with Crippen LogP contribution in [-0.4, -0.2) is 23.8 Å². The molecule has 1 aromatic carbocycles. The van der Waals surface area contributed by atoms with E-state index in [1.54, 1.807) is 0 Å². The Morgan fingerprint density at radius 2 is 2.12 bits per heavy atom. The lowest BCUT2D eigenvalue weighted by molar-refractivity contribution is 0.259. The molecule has 1 aromatic rings. The molecule has 0 bridgehead atoms. The van der Waals surface area contributed by atoms with E-state index in [1.807, 2.05) is 6.07 Å². The number of rotatable bonds is 3. The van der Waals surface area contributed by atoms with Crippen molar-refractivity contribution < 1.29 is 5.11 Å². The summed E-state index contributed by atoms with van der Waals surface area (Å²) in [6, 6.07) is 8.37. The summed E-state index contributed by atoms with van der Waals surface area (Å²) in [6.07, 6.45) is 2.05. The largest absolute Gasteiger partial charge is 0.396 e. The predicted octanol–water partition coefficient (Wildman–Crippen LogP) is 3.44. The van der Waals surface area contributed by atoms with Gasteiger partial charge in [0.2, 0.25) is 0 Å². The second-order valence-corrected chi connectivity index (χ2v) is 6.31. The van der Waals surface area contributed by atoms with Gasteiger partial charge in [0, 0.05) is 23.2 Å². The first-order chi connectivity index (χ1) is 8.04. The first kappa shape index (κ1) is 12.9. The molecule has 2 nitrogen and oxygen atoms in total. The third kappa shape index (κ3) is 2.66. The number of aliphatic hydroxyl groups is 1. The molecule has 94 valence electrons. The number of hydrogen-bond donors (Lipinski definition) is 1. The molecular weight excluding hydrogens is 278 g/mol. The zero-order valence-electron chi connectivity index (χ0n) is 10.5. The number of benzene rings is 1. The first-order valence-corrected chi connectivity index (χ1v) is 6.97. The molecule has 1 aliphatic rings. The van der Waals surface area contributed by atoms with Gasteiger partial charge in [-0.05, 0) is 60.7 Å². The Hall–Kier alpha value is -0.540. The Labute approximate surface area is 112 Å². The Morgan fingerprint density at radius 3 is 2.76 bits per heavy atom. The molecule has 1 aliphatic heterocycles. The van der Waals surface area contributed by atoms with Gasteiger partial charge in [0.25, 0.3) is 0 Å². The highest BCUT2D eigenvalue weighted by atomic mass is 79.9. The molecule has 0 amide bonds. The number of aliphatic hydroxyl groups excluding tert-OH is 1. The van der Waals surface area contributed by atoms with Crippen molar-refractivity contribution in [2.24, 2.45) is 5.92 Å². The molecule has 0 radical (unpaired) electrons. The standard InChI is InChI=1S/C14H20BrNO/c1-14(2)9-11(7-8-17)10-16(14)13-6-4-3-5-12(13)15/h3-6,11,17H,7-10H2,1-2H3. The van der Waals surface area contributed by atoms with Gasteiger partial charge in [-0.25, -0.2) is 0 Å². The van der Waals surface area contributed by atoms with Crippen LogP contribution in [0.5, 0.6) is 0 Å². The Balaban J connectivity index is 2.24. The fourth-order valence-electron chi connectivity index (χ4n) is 2.86. The van der Waals surface area contributed by atoms with Crippen molar-refractivity contribution in [3.8, 4) is 0 Å². The predicted molar refractivity (Wildman–Crippen MR) is 75.4 cm³/mol. The summed E-state index contributed by atoms with van der Waals surface area (Å²) < 4.78 is 1.15. The van der Waals surface area contributed by atoms with Gasteiger partial charge in [-0.1, -0.05) is 12.1 Å². The number of anilines is 1. The fourth-order valence-corrected chi connectivity index (χ4v) is 3.36. The lowest BCUT2D eigenvalue weighted by Crippen LogP contribution is -2.38. The van der Waals surface area contributed by atoms with Crippen LogP contribution in [0, 0.1) is 5.92 Å². The highest BCUT2D eigenvalue weighted by Gasteiger charge is 2.38. The van der Waals surface area contributed by atoms with Crippen LogP contribution in [0.25, 0.3) is 0 Å². The van der Waals surface area contributed by atoms with Crippen LogP contribution in [0.15, 0.2) is 28.7 Å².